The maximum Gasteiger partial charge on any atom is 0.322 e. The number of imide groups is 1. The van der Waals surface area contributed by atoms with Gasteiger partial charge in [0.2, 0.25) is 0 Å². The average molecular weight is 332 g/mol. The van der Waals surface area contributed by atoms with Gasteiger partial charge in [0.25, 0.3) is 5.91 Å². The standard InChI is InChI=1S/C16H20N4O4/c1-17-10-3-5-11(6-4-10)20-8-7-16(12(9-20)13(21)24-2)14(22)18-15(23)19-16/h3-6,12,17H,7-9H2,1-2H3,(H2,18,19,22,23). The van der Waals surface area contributed by atoms with Gasteiger partial charge >= 0.3 is 12.0 Å². The molecule has 8 heteroatoms. The summed E-state index contributed by atoms with van der Waals surface area (Å²) in [5.41, 5.74) is 0.702. The molecular formula is C16H20N4O4. The molecule has 0 radical (unpaired) electrons. The minimum Gasteiger partial charge on any atom is -0.469 e. The van der Waals surface area contributed by atoms with E-state index in [0.29, 0.717) is 19.5 Å². The van der Waals surface area contributed by atoms with E-state index in [-0.39, 0.29) is 0 Å². The van der Waals surface area contributed by atoms with Crippen molar-refractivity contribution in [2.24, 2.45) is 5.92 Å². The van der Waals surface area contributed by atoms with E-state index >= 15 is 0 Å². The molecule has 0 aliphatic carbocycles. The zero-order valence-electron chi connectivity index (χ0n) is 13.6. The summed E-state index contributed by atoms with van der Waals surface area (Å²) in [6.45, 7) is 0.833. The first-order valence-corrected chi connectivity index (χ1v) is 7.74. The SMILES string of the molecule is CNc1ccc(N2CCC3(NC(=O)NC3=O)C(C(=O)OC)C2)cc1. The number of carbonyl (C=O) groups is 3. The molecule has 1 aromatic carbocycles. The van der Waals surface area contributed by atoms with E-state index in [1.54, 1.807) is 0 Å². The molecule has 2 fully saturated rings. The van der Waals surface area contributed by atoms with Crippen molar-refractivity contribution in [2.45, 2.75) is 12.0 Å². The summed E-state index contributed by atoms with van der Waals surface area (Å²) in [5.74, 6) is -1.75. The van der Waals surface area contributed by atoms with Crippen molar-refractivity contribution in [1.82, 2.24) is 10.6 Å². The first-order chi connectivity index (χ1) is 11.5. The lowest BCUT2D eigenvalue weighted by molar-refractivity contribution is -0.151. The minimum atomic E-state index is -1.23. The first-order valence-electron chi connectivity index (χ1n) is 7.74. The summed E-state index contributed by atoms with van der Waals surface area (Å²) in [4.78, 5) is 38.2. The van der Waals surface area contributed by atoms with E-state index in [1.807, 2.05) is 36.2 Å². The van der Waals surface area contributed by atoms with Crippen molar-refractivity contribution in [3.05, 3.63) is 24.3 Å². The van der Waals surface area contributed by atoms with Gasteiger partial charge in [-0.05, 0) is 30.7 Å². The van der Waals surface area contributed by atoms with Crippen LogP contribution in [-0.2, 0) is 14.3 Å². The Labute approximate surface area is 139 Å². The molecular weight excluding hydrogens is 312 g/mol. The van der Waals surface area contributed by atoms with Gasteiger partial charge < -0.3 is 20.3 Å². The fraction of sp³-hybridized carbons (Fsp3) is 0.438. The number of hydrogen-bond acceptors (Lipinski definition) is 6. The number of hydrogen-bond donors (Lipinski definition) is 3. The monoisotopic (exact) mass is 332 g/mol. The quantitative estimate of drug-likeness (QED) is 0.544. The molecule has 2 unspecified atom stereocenters. The van der Waals surface area contributed by atoms with Gasteiger partial charge in [0.1, 0.15) is 11.5 Å². The fourth-order valence-electron chi connectivity index (χ4n) is 3.37. The Morgan fingerprint density at radius 3 is 2.58 bits per heavy atom. The van der Waals surface area contributed by atoms with Crippen molar-refractivity contribution >= 4 is 29.3 Å². The van der Waals surface area contributed by atoms with Gasteiger partial charge in [0.15, 0.2) is 0 Å². The highest BCUT2D eigenvalue weighted by molar-refractivity contribution is 6.09. The summed E-state index contributed by atoms with van der Waals surface area (Å²) < 4.78 is 4.87. The van der Waals surface area contributed by atoms with Crippen LogP contribution in [0, 0.1) is 5.92 Å². The second kappa shape index (κ2) is 6.03. The summed E-state index contributed by atoms with van der Waals surface area (Å²) in [5, 5.41) is 7.92. The summed E-state index contributed by atoms with van der Waals surface area (Å²) in [7, 11) is 3.12. The molecule has 2 heterocycles. The third kappa shape index (κ3) is 2.53. The topological polar surface area (TPSA) is 99.8 Å². The second-order valence-electron chi connectivity index (χ2n) is 5.95. The largest absolute Gasteiger partial charge is 0.469 e. The molecule has 1 aromatic rings. The van der Waals surface area contributed by atoms with Crippen LogP contribution in [0.4, 0.5) is 16.2 Å². The molecule has 0 aromatic heterocycles. The van der Waals surface area contributed by atoms with E-state index in [1.165, 1.54) is 7.11 Å². The molecule has 3 amide bonds. The number of urea groups is 1. The average Bonchev–Trinajstić information content (AvgIpc) is 2.88. The molecule has 0 bridgehead atoms. The number of anilines is 2. The molecule has 2 atom stereocenters. The summed E-state index contributed by atoms with van der Waals surface area (Å²) >= 11 is 0. The van der Waals surface area contributed by atoms with Gasteiger partial charge in [-0.1, -0.05) is 0 Å². The van der Waals surface area contributed by atoms with Gasteiger partial charge in [0.05, 0.1) is 7.11 Å². The Balaban J connectivity index is 1.87. The number of rotatable bonds is 3. The van der Waals surface area contributed by atoms with Crippen LogP contribution < -0.4 is 20.9 Å². The number of methoxy groups -OCH3 is 1. The Bertz CT molecular complexity index is 675. The highest BCUT2D eigenvalue weighted by atomic mass is 16.5. The third-order valence-electron chi connectivity index (χ3n) is 4.75. The minimum absolute atomic E-state index is 0.291. The van der Waals surface area contributed by atoms with Crippen molar-refractivity contribution in [2.75, 3.05) is 37.5 Å². The van der Waals surface area contributed by atoms with Crippen LogP contribution in [-0.4, -0.2) is 50.7 Å². The Morgan fingerprint density at radius 1 is 1.33 bits per heavy atom. The van der Waals surface area contributed by atoms with Gasteiger partial charge in [0, 0.05) is 31.5 Å². The predicted molar refractivity (Wildman–Crippen MR) is 87.7 cm³/mol. The van der Waals surface area contributed by atoms with E-state index in [9.17, 15) is 14.4 Å². The van der Waals surface area contributed by atoms with Crippen LogP contribution in [0.1, 0.15) is 6.42 Å². The fourth-order valence-corrected chi connectivity index (χ4v) is 3.37. The van der Waals surface area contributed by atoms with Crippen molar-refractivity contribution in [3.63, 3.8) is 0 Å². The lowest BCUT2D eigenvalue weighted by Crippen LogP contribution is -2.63. The number of esters is 1. The molecule has 2 aliphatic rings. The van der Waals surface area contributed by atoms with E-state index in [2.05, 4.69) is 16.0 Å². The predicted octanol–water partition coefficient (Wildman–Crippen LogP) is 0.306. The molecule has 2 saturated heterocycles. The van der Waals surface area contributed by atoms with Crippen LogP contribution in [0.25, 0.3) is 0 Å². The van der Waals surface area contributed by atoms with Gasteiger partial charge in [-0.25, -0.2) is 4.79 Å². The number of piperidine rings is 1. The van der Waals surface area contributed by atoms with Gasteiger partial charge in [-0.2, -0.15) is 0 Å². The van der Waals surface area contributed by atoms with Gasteiger partial charge in [-0.15, -0.1) is 0 Å². The molecule has 1 spiro atoms. The lowest BCUT2D eigenvalue weighted by Gasteiger charge is -2.43. The van der Waals surface area contributed by atoms with Crippen molar-refractivity contribution in [1.29, 1.82) is 0 Å². The van der Waals surface area contributed by atoms with Crippen LogP contribution in [0.3, 0.4) is 0 Å². The lowest BCUT2D eigenvalue weighted by atomic mass is 9.77. The molecule has 3 N–H and O–H groups in total. The Hall–Kier alpha value is -2.77. The van der Waals surface area contributed by atoms with Crippen LogP contribution in [0.5, 0.6) is 0 Å². The highest BCUT2D eigenvalue weighted by Crippen LogP contribution is 2.34. The number of amides is 3. The van der Waals surface area contributed by atoms with E-state index in [0.717, 1.165) is 11.4 Å². The van der Waals surface area contributed by atoms with Gasteiger partial charge in [-0.3, -0.25) is 14.9 Å². The van der Waals surface area contributed by atoms with Crippen molar-refractivity contribution in [3.8, 4) is 0 Å². The molecule has 3 rings (SSSR count). The number of nitrogens with zero attached hydrogens (tertiary/aromatic N) is 1. The second-order valence-corrected chi connectivity index (χ2v) is 5.95. The van der Waals surface area contributed by atoms with E-state index in [4.69, 9.17) is 4.74 Å². The Morgan fingerprint density at radius 2 is 2.04 bits per heavy atom. The zero-order valence-corrected chi connectivity index (χ0v) is 13.6. The molecule has 8 nitrogen and oxygen atoms in total. The highest BCUT2D eigenvalue weighted by Gasteiger charge is 2.57. The maximum absolute atomic E-state index is 12.3. The normalized spacial score (nSPS) is 26.1. The first kappa shape index (κ1) is 16.1. The zero-order chi connectivity index (χ0) is 17.3. The van der Waals surface area contributed by atoms with E-state index < -0.39 is 29.4 Å². The van der Waals surface area contributed by atoms with Crippen LogP contribution in [0.2, 0.25) is 0 Å². The van der Waals surface area contributed by atoms with Crippen LogP contribution in [0.15, 0.2) is 24.3 Å². The number of ether oxygens (including phenoxy) is 1. The molecule has 2 aliphatic heterocycles. The maximum atomic E-state index is 12.3. The third-order valence-corrected chi connectivity index (χ3v) is 4.75. The summed E-state index contributed by atoms with van der Waals surface area (Å²) in [6, 6.07) is 7.21. The van der Waals surface area contributed by atoms with Crippen molar-refractivity contribution < 1.29 is 19.1 Å². The molecule has 0 saturated carbocycles. The molecule has 24 heavy (non-hydrogen) atoms. The Kier molecular flexibility index (Phi) is 4.04. The molecule has 128 valence electrons. The number of benzene rings is 1. The number of carbonyl (C=O) groups excluding carboxylic acids is 3. The van der Waals surface area contributed by atoms with Crippen LogP contribution >= 0.6 is 0 Å². The smallest absolute Gasteiger partial charge is 0.322 e. The summed E-state index contributed by atoms with van der Waals surface area (Å²) in [6.07, 6.45) is 0.331. The number of nitrogens with one attached hydrogen (secondary N) is 3.